The summed E-state index contributed by atoms with van der Waals surface area (Å²) in [5, 5.41) is 15.1. The summed E-state index contributed by atoms with van der Waals surface area (Å²) in [5.41, 5.74) is 0.976. The molecule has 1 aliphatic rings. The van der Waals surface area contributed by atoms with E-state index in [-0.39, 0.29) is 0 Å². The van der Waals surface area contributed by atoms with E-state index in [1.807, 2.05) is 24.3 Å². The fourth-order valence-corrected chi connectivity index (χ4v) is 4.25. The minimum atomic E-state index is -0.565. The predicted molar refractivity (Wildman–Crippen MR) is 89.9 cm³/mol. The third kappa shape index (κ3) is 2.57. The van der Waals surface area contributed by atoms with Gasteiger partial charge in [0.05, 0.1) is 5.69 Å². The second-order valence-corrected chi connectivity index (χ2v) is 7.87. The molecular formula is C15H12Cl2N4S. The van der Waals surface area contributed by atoms with Gasteiger partial charge in [-0.2, -0.15) is 4.68 Å². The highest BCUT2D eigenvalue weighted by Gasteiger charge is 2.51. The number of benzene rings is 2. The largest absolute Gasteiger partial charge is 0.214 e. The molecule has 2 aromatic carbocycles. The molecule has 3 aromatic rings. The van der Waals surface area contributed by atoms with Crippen molar-refractivity contribution in [3.63, 3.8) is 0 Å². The van der Waals surface area contributed by atoms with Gasteiger partial charge in [0.15, 0.2) is 0 Å². The number of aromatic nitrogens is 4. The standard InChI is InChI=1S/C15H12Cl2N4S/c16-15(17)8-11(15)9-22-14-18-19-20-21(14)13-7-3-5-10-4-1-2-6-12(10)13/h1-7,11H,8-9H2. The van der Waals surface area contributed by atoms with Gasteiger partial charge in [-0.3, -0.25) is 0 Å². The first-order valence-corrected chi connectivity index (χ1v) is 8.66. The monoisotopic (exact) mass is 350 g/mol. The van der Waals surface area contributed by atoms with Crippen molar-refractivity contribution in [1.29, 1.82) is 0 Å². The molecule has 0 aliphatic heterocycles. The van der Waals surface area contributed by atoms with Crippen LogP contribution in [0.1, 0.15) is 6.42 Å². The van der Waals surface area contributed by atoms with Crippen LogP contribution in [0.2, 0.25) is 0 Å². The van der Waals surface area contributed by atoms with E-state index in [1.165, 1.54) is 0 Å². The molecule has 1 heterocycles. The Bertz CT molecular complexity index is 828. The van der Waals surface area contributed by atoms with Crippen molar-refractivity contribution in [2.45, 2.75) is 15.9 Å². The van der Waals surface area contributed by atoms with E-state index in [0.29, 0.717) is 5.92 Å². The molecule has 112 valence electrons. The number of rotatable bonds is 4. The van der Waals surface area contributed by atoms with Crippen LogP contribution in [0.15, 0.2) is 47.6 Å². The van der Waals surface area contributed by atoms with Crippen LogP contribution < -0.4 is 0 Å². The Morgan fingerprint density at radius 3 is 2.77 bits per heavy atom. The van der Waals surface area contributed by atoms with Gasteiger partial charge in [-0.1, -0.05) is 48.2 Å². The highest BCUT2D eigenvalue weighted by Crippen LogP contribution is 2.54. The number of hydrogen-bond donors (Lipinski definition) is 0. The normalized spacial score (nSPS) is 19.5. The van der Waals surface area contributed by atoms with Crippen LogP contribution in [0.25, 0.3) is 16.5 Å². The van der Waals surface area contributed by atoms with E-state index < -0.39 is 4.33 Å². The first-order chi connectivity index (χ1) is 10.6. The molecule has 22 heavy (non-hydrogen) atoms. The van der Waals surface area contributed by atoms with E-state index in [4.69, 9.17) is 23.2 Å². The fourth-order valence-electron chi connectivity index (χ4n) is 2.44. The molecule has 0 amide bonds. The molecule has 0 bridgehead atoms. The van der Waals surface area contributed by atoms with Crippen LogP contribution in [0, 0.1) is 5.92 Å². The molecule has 1 atom stereocenters. The van der Waals surface area contributed by atoms with Gasteiger partial charge in [-0.25, -0.2) is 0 Å². The van der Waals surface area contributed by atoms with Crippen LogP contribution in [0.3, 0.4) is 0 Å². The summed E-state index contributed by atoms with van der Waals surface area (Å²) in [4.78, 5) is 0. The number of hydrogen-bond acceptors (Lipinski definition) is 4. The lowest BCUT2D eigenvalue weighted by molar-refractivity contribution is 0.760. The summed E-state index contributed by atoms with van der Waals surface area (Å²) in [5.74, 6) is 1.12. The predicted octanol–water partition coefficient (Wildman–Crippen LogP) is 4.10. The van der Waals surface area contributed by atoms with Crippen molar-refractivity contribution in [2.75, 3.05) is 5.75 Å². The fraction of sp³-hybridized carbons (Fsp3) is 0.267. The summed E-state index contributed by atoms with van der Waals surface area (Å²) < 4.78 is 1.21. The molecule has 0 saturated heterocycles. The number of halogens is 2. The number of nitrogens with zero attached hydrogens (tertiary/aromatic N) is 4. The number of thioether (sulfide) groups is 1. The summed E-state index contributed by atoms with van der Waals surface area (Å²) in [6.45, 7) is 0. The highest BCUT2D eigenvalue weighted by atomic mass is 35.5. The van der Waals surface area contributed by atoms with Gasteiger partial charge in [-0.05, 0) is 28.3 Å². The lowest BCUT2D eigenvalue weighted by Gasteiger charge is -2.08. The minimum absolute atomic E-state index is 0.304. The summed E-state index contributed by atoms with van der Waals surface area (Å²) in [6, 6.07) is 14.3. The molecule has 1 saturated carbocycles. The van der Waals surface area contributed by atoms with Crippen molar-refractivity contribution >= 4 is 45.7 Å². The Morgan fingerprint density at radius 1 is 1.18 bits per heavy atom. The Hall–Kier alpha value is -1.30. The van der Waals surface area contributed by atoms with Crippen molar-refractivity contribution in [3.05, 3.63) is 42.5 Å². The van der Waals surface area contributed by atoms with Crippen LogP contribution in [0.4, 0.5) is 0 Å². The second kappa shape index (κ2) is 5.41. The Balaban J connectivity index is 1.66. The summed E-state index contributed by atoms with van der Waals surface area (Å²) in [6.07, 6.45) is 0.832. The topological polar surface area (TPSA) is 43.6 Å². The molecule has 0 radical (unpaired) electrons. The van der Waals surface area contributed by atoms with Crippen molar-refractivity contribution in [3.8, 4) is 5.69 Å². The summed E-state index contributed by atoms with van der Waals surface area (Å²) in [7, 11) is 0. The van der Waals surface area contributed by atoms with Crippen LogP contribution in [-0.2, 0) is 0 Å². The minimum Gasteiger partial charge on any atom is -0.187 e. The van der Waals surface area contributed by atoms with Gasteiger partial charge >= 0.3 is 0 Å². The third-order valence-electron chi connectivity index (χ3n) is 3.81. The van der Waals surface area contributed by atoms with E-state index >= 15 is 0 Å². The van der Waals surface area contributed by atoms with Gasteiger partial charge < -0.3 is 0 Å². The molecule has 4 nitrogen and oxygen atoms in total. The average molecular weight is 351 g/mol. The van der Waals surface area contributed by atoms with Gasteiger partial charge in [0, 0.05) is 17.1 Å². The highest BCUT2D eigenvalue weighted by molar-refractivity contribution is 7.99. The molecule has 4 rings (SSSR count). The second-order valence-electron chi connectivity index (χ2n) is 5.34. The van der Waals surface area contributed by atoms with Gasteiger partial charge in [0.2, 0.25) is 5.16 Å². The van der Waals surface area contributed by atoms with Crippen LogP contribution >= 0.6 is 35.0 Å². The smallest absolute Gasteiger partial charge is 0.187 e. The maximum atomic E-state index is 6.08. The lowest BCUT2D eigenvalue weighted by atomic mass is 10.1. The zero-order chi connectivity index (χ0) is 15.2. The van der Waals surface area contributed by atoms with Gasteiger partial charge in [0.25, 0.3) is 0 Å². The molecule has 1 fully saturated rings. The Labute approximate surface area is 141 Å². The van der Waals surface area contributed by atoms with Crippen LogP contribution in [0.5, 0.6) is 0 Å². The number of fused-ring (bicyclic) bond motifs is 1. The third-order valence-corrected chi connectivity index (χ3v) is 5.81. The maximum absolute atomic E-state index is 6.08. The first kappa shape index (κ1) is 14.3. The maximum Gasteiger partial charge on any atom is 0.214 e. The zero-order valence-electron chi connectivity index (χ0n) is 11.5. The quantitative estimate of drug-likeness (QED) is 0.524. The number of tetrazole rings is 1. The van der Waals surface area contributed by atoms with Crippen LogP contribution in [-0.4, -0.2) is 30.3 Å². The van der Waals surface area contributed by atoms with Crippen molar-refractivity contribution in [2.24, 2.45) is 5.92 Å². The molecule has 7 heteroatoms. The average Bonchev–Trinajstić information content (AvgIpc) is 2.94. The molecule has 0 spiro atoms. The molecule has 0 N–H and O–H groups in total. The van der Waals surface area contributed by atoms with E-state index in [0.717, 1.165) is 33.8 Å². The van der Waals surface area contributed by atoms with E-state index in [9.17, 15) is 0 Å². The molecule has 1 aliphatic carbocycles. The van der Waals surface area contributed by atoms with E-state index in [2.05, 4.69) is 33.7 Å². The number of alkyl halides is 2. The SMILES string of the molecule is ClC1(Cl)CC1CSc1nnnn1-c1cccc2ccccc12. The summed E-state index contributed by atoms with van der Waals surface area (Å²) >= 11 is 13.7. The first-order valence-electron chi connectivity index (χ1n) is 6.92. The lowest BCUT2D eigenvalue weighted by Crippen LogP contribution is -2.01. The van der Waals surface area contributed by atoms with Gasteiger partial charge in [-0.15, -0.1) is 28.3 Å². The molecule has 1 unspecified atom stereocenters. The van der Waals surface area contributed by atoms with E-state index in [1.54, 1.807) is 16.4 Å². The Morgan fingerprint density at radius 2 is 1.95 bits per heavy atom. The molecule has 1 aromatic heterocycles. The molecular weight excluding hydrogens is 339 g/mol. The Kier molecular flexibility index (Phi) is 3.51. The van der Waals surface area contributed by atoms with Crippen molar-refractivity contribution < 1.29 is 0 Å². The van der Waals surface area contributed by atoms with Gasteiger partial charge in [0.1, 0.15) is 4.33 Å². The zero-order valence-corrected chi connectivity index (χ0v) is 13.8. The van der Waals surface area contributed by atoms with Crippen molar-refractivity contribution in [1.82, 2.24) is 20.2 Å².